The minimum Gasteiger partial charge on any atom is -0.469 e. The number of fused-ring (bicyclic) bond motifs is 1. The maximum absolute atomic E-state index is 12.7. The van der Waals surface area contributed by atoms with Crippen LogP contribution in [0.2, 0.25) is 0 Å². The molecule has 0 aromatic carbocycles. The topological polar surface area (TPSA) is 98.1 Å². The summed E-state index contributed by atoms with van der Waals surface area (Å²) in [7, 11) is 1.40. The quantitative estimate of drug-likeness (QED) is 0.479. The van der Waals surface area contributed by atoms with Crippen LogP contribution in [0.1, 0.15) is 59.3 Å². The molecule has 2 aromatic heterocycles. The van der Waals surface area contributed by atoms with E-state index in [1.165, 1.54) is 20.0 Å². The minimum absolute atomic E-state index is 0.00641. The van der Waals surface area contributed by atoms with Crippen LogP contribution < -0.4 is 10.2 Å². The Morgan fingerprint density at radius 3 is 2.71 bits per heavy atom. The summed E-state index contributed by atoms with van der Waals surface area (Å²) in [5, 5.41) is 3.20. The Hall–Kier alpha value is -2.49. The predicted molar refractivity (Wildman–Crippen MR) is 131 cm³/mol. The van der Waals surface area contributed by atoms with Gasteiger partial charge in [-0.3, -0.25) is 9.20 Å². The normalized spacial score (nSPS) is 20.0. The molecular formula is C24H35N5O4S. The van der Waals surface area contributed by atoms with Gasteiger partial charge >= 0.3 is 12.1 Å². The number of hydrogen-bond acceptors (Lipinski definition) is 8. The highest BCUT2D eigenvalue weighted by Gasteiger charge is 2.46. The van der Waals surface area contributed by atoms with Crippen molar-refractivity contribution in [1.29, 1.82) is 0 Å². The molecule has 10 heteroatoms. The molecule has 2 fully saturated rings. The number of ether oxygens (including phenoxy) is 2. The fraction of sp³-hybridized carbons (Fsp3) is 0.667. The van der Waals surface area contributed by atoms with Gasteiger partial charge in [-0.05, 0) is 45.4 Å². The third-order valence-electron chi connectivity index (χ3n) is 6.76. The molecular weight excluding hydrogens is 454 g/mol. The van der Waals surface area contributed by atoms with Gasteiger partial charge in [0.05, 0.1) is 24.5 Å². The van der Waals surface area contributed by atoms with Gasteiger partial charge in [-0.25, -0.2) is 14.8 Å². The second-order valence-electron chi connectivity index (χ2n) is 10.2. The molecule has 3 heterocycles. The fourth-order valence-corrected chi connectivity index (χ4v) is 6.01. The van der Waals surface area contributed by atoms with Gasteiger partial charge in [-0.15, -0.1) is 11.8 Å². The molecule has 0 bridgehead atoms. The summed E-state index contributed by atoms with van der Waals surface area (Å²) in [6.45, 7) is 7.20. The van der Waals surface area contributed by atoms with Crippen LogP contribution >= 0.6 is 11.8 Å². The Labute approximate surface area is 205 Å². The summed E-state index contributed by atoms with van der Waals surface area (Å²) < 4.78 is 12.3. The van der Waals surface area contributed by atoms with Crippen LogP contribution in [0.5, 0.6) is 0 Å². The Kier molecular flexibility index (Phi) is 7.25. The number of thioether (sulfide) groups is 1. The molecule has 1 N–H and O–H groups in total. The minimum atomic E-state index is -0.535. The summed E-state index contributed by atoms with van der Waals surface area (Å²) in [6, 6.07) is -0.00641. The van der Waals surface area contributed by atoms with Crippen LogP contribution in [0.15, 0.2) is 23.5 Å². The standard InChI is InChI=1S/C24H35N5O4S/c1-23(2,3)33-22(31)27-18-16-28(12-10-24(18)8-5-6-9-24)21-26-15-17(20-25-11-13-29(20)21)34-14-7-19(30)32-4/h11,13,15,18H,5-10,12,14,16H2,1-4H3,(H,27,31). The predicted octanol–water partition coefficient (Wildman–Crippen LogP) is 4.05. The van der Waals surface area contributed by atoms with Gasteiger partial charge in [-0.1, -0.05) is 12.8 Å². The molecule has 186 valence electrons. The first-order valence-corrected chi connectivity index (χ1v) is 13.0. The number of rotatable bonds is 6. The number of anilines is 1. The number of hydrogen-bond donors (Lipinski definition) is 1. The van der Waals surface area contributed by atoms with Crippen molar-refractivity contribution in [3.05, 3.63) is 18.6 Å². The second-order valence-corrected chi connectivity index (χ2v) is 11.3. The van der Waals surface area contributed by atoms with E-state index < -0.39 is 5.60 Å². The van der Waals surface area contributed by atoms with Crippen molar-refractivity contribution in [1.82, 2.24) is 19.7 Å². The number of imidazole rings is 1. The molecule has 1 amide bonds. The summed E-state index contributed by atoms with van der Waals surface area (Å²) >= 11 is 1.54. The van der Waals surface area contributed by atoms with Crippen molar-refractivity contribution in [2.45, 2.75) is 75.8 Å². The second kappa shape index (κ2) is 10.0. The van der Waals surface area contributed by atoms with E-state index in [4.69, 9.17) is 14.5 Å². The third-order valence-corrected chi connectivity index (χ3v) is 7.77. The van der Waals surface area contributed by atoms with Crippen molar-refractivity contribution >= 4 is 35.4 Å². The van der Waals surface area contributed by atoms with Gasteiger partial charge in [-0.2, -0.15) is 0 Å². The number of aromatic nitrogens is 3. The van der Waals surface area contributed by atoms with Gasteiger partial charge in [0.1, 0.15) is 5.60 Å². The highest BCUT2D eigenvalue weighted by Crippen LogP contribution is 2.47. The van der Waals surface area contributed by atoms with Gasteiger partial charge < -0.3 is 19.7 Å². The Morgan fingerprint density at radius 2 is 2.00 bits per heavy atom. The smallest absolute Gasteiger partial charge is 0.407 e. The van der Waals surface area contributed by atoms with E-state index in [2.05, 4.69) is 15.2 Å². The average Bonchev–Trinajstić information content (AvgIpc) is 3.45. The maximum atomic E-state index is 12.7. The largest absolute Gasteiger partial charge is 0.469 e. The molecule has 1 aliphatic heterocycles. The van der Waals surface area contributed by atoms with Gasteiger partial charge in [0.25, 0.3) is 0 Å². The molecule has 4 rings (SSSR count). The zero-order chi connectivity index (χ0) is 24.3. The van der Waals surface area contributed by atoms with E-state index in [-0.39, 0.29) is 23.5 Å². The average molecular weight is 490 g/mol. The molecule has 1 saturated carbocycles. The summed E-state index contributed by atoms with van der Waals surface area (Å²) in [5.41, 5.74) is 0.399. The molecule has 1 unspecified atom stereocenters. The lowest BCUT2D eigenvalue weighted by Crippen LogP contribution is -2.58. The zero-order valence-corrected chi connectivity index (χ0v) is 21.3. The van der Waals surface area contributed by atoms with Crippen LogP contribution in [0.25, 0.3) is 5.65 Å². The molecule has 2 aliphatic rings. The zero-order valence-electron chi connectivity index (χ0n) is 20.5. The van der Waals surface area contributed by atoms with Crippen molar-refractivity contribution in [3.63, 3.8) is 0 Å². The number of amides is 1. The number of carbonyl (C=O) groups is 2. The highest BCUT2D eigenvalue weighted by atomic mass is 32.2. The van der Waals surface area contributed by atoms with Crippen LogP contribution in [0.3, 0.4) is 0 Å². The number of esters is 1. The van der Waals surface area contributed by atoms with Gasteiger partial charge in [0.2, 0.25) is 5.95 Å². The SMILES string of the molecule is COC(=O)CCSc1cnc(N2CCC3(CCCC3)C(NC(=O)OC(C)(C)C)C2)n2ccnc12. The van der Waals surface area contributed by atoms with Crippen molar-refractivity contribution in [2.75, 3.05) is 30.9 Å². The first-order valence-electron chi connectivity index (χ1n) is 12.0. The monoisotopic (exact) mass is 489 g/mol. The Morgan fingerprint density at radius 1 is 1.24 bits per heavy atom. The van der Waals surface area contributed by atoms with Crippen molar-refractivity contribution < 1.29 is 19.1 Å². The number of nitrogens with zero attached hydrogens (tertiary/aromatic N) is 4. The van der Waals surface area contributed by atoms with E-state index in [1.807, 2.05) is 37.6 Å². The Balaban J connectivity index is 1.53. The molecule has 2 aromatic rings. The molecule has 0 radical (unpaired) electrons. The number of carbonyl (C=O) groups excluding carboxylic acids is 2. The van der Waals surface area contributed by atoms with E-state index in [1.54, 1.807) is 18.0 Å². The molecule has 1 spiro atoms. The molecule has 1 aliphatic carbocycles. The lowest BCUT2D eigenvalue weighted by Gasteiger charge is -2.46. The van der Waals surface area contributed by atoms with Crippen LogP contribution in [-0.4, -0.2) is 64.0 Å². The van der Waals surface area contributed by atoms with Crippen LogP contribution in [0.4, 0.5) is 10.7 Å². The number of piperidine rings is 1. The third kappa shape index (κ3) is 5.42. The summed E-state index contributed by atoms with van der Waals surface area (Å²) in [4.78, 5) is 36.6. The van der Waals surface area contributed by atoms with Crippen molar-refractivity contribution in [2.24, 2.45) is 5.41 Å². The van der Waals surface area contributed by atoms with E-state index in [9.17, 15) is 9.59 Å². The molecule has 9 nitrogen and oxygen atoms in total. The summed E-state index contributed by atoms with van der Waals surface area (Å²) in [5.74, 6) is 1.19. The number of nitrogens with one attached hydrogen (secondary N) is 1. The summed E-state index contributed by atoms with van der Waals surface area (Å²) in [6.07, 6.45) is 11.2. The molecule has 34 heavy (non-hydrogen) atoms. The maximum Gasteiger partial charge on any atom is 0.407 e. The van der Waals surface area contributed by atoms with Crippen LogP contribution in [0, 0.1) is 5.41 Å². The molecule has 1 saturated heterocycles. The van der Waals surface area contributed by atoms with E-state index >= 15 is 0 Å². The van der Waals surface area contributed by atoms with E-state index in [0.29, 0.717) is 18.7 Å². The molecule has 1 atom stereocenters. The number of alkyl carbamates (subject to hydrolysis) is 1. The van der Waals surface area contributed by atoms with Crippen molar-refractivity contribution in [3.8, 4) is 0 Å². The lowest BCUT2D eigenvalue weighted by atomic mass is 9.73. The van der Waals surface area contributed by atoms with Gasteiger partial charge in [0.15, 0.2) is 5.65 Å². The highest BCUT2D eigenvalue weighted by molar-refractivity contribution is 7.99. The first-order chi connectivity index (χ1) is 16.2. The van der Waals surface area contributed by atoms with E-state index in [0.717, 1.165) is 42.3 Å². The fourth-order valence-electron chi connectivity index (χ4n) is 5.11. The van der Waals surface area contributed by atoms with Gasteiger partial charge in [0, 0.05) is 37.4 Å². The first kappa shape index (κ1) is 24.6. The van der Waals surface area contributed by atoms with Crippen LogP contribution in [-0.2, 0) is 14.3 Å². The lowest BCUT2D eigenvalue weighted by molar-refractivity contribution is -0.140. The number of methoxy groups -OCH3 is 1. The Bertz CT molecular complexity index is 1030.